The Kier molecular flexibility index (Phi) is 1.87. The maximum atomic E-state index is 11.7. The molecular weight excluding hydrogens is 212 g/mol. The third-order valence-electron chi connectivity index (χ3n) is 4.65. The summed E-state index contributed by atoms with van der Waals surface area (Å²) in [5.41, 5.74) is -0.516. The van der Waals surface area contributed by atoms with Crippen LogP contribution in [0.5, 0.6) is 0 Å². The van der Waals surface area contributed by atoms with Crippen LogP contribution in [-0.2, 0) is 9.84 Å². The molecule has 4 bridgehead atoms. The topological polar surface area (TPSA) is 54.4 Å². The van der Waals surface area contributed by atoms with Gasteiger partial charge in [0, 0.05) is 6.26 Å². The molecule has 0 aromatic carbocycles. The fraction of sp³-hybridized carbons (Fsp3) is 1.00. The fourth-order valence-electron chi connectivity index (χ4n) is 4.63. The standard InChI is InChI=1S/C11H18O3S/c1-15(13,14)10-8-2-7-3-9(10)6-11(12,4-7)5-8/h7-10,12H,2-6H2,1H3/t7?,8-,9+,10?,11?. The van der Waals surface area contributed by atoms with Crippen LogP contribution in [0.3, 0.4) is 0 Å². The van der Waals surface area contributed by atoms with Crippen LogP contribution in [0.1, 0.15) is 32.1 Å². The third kappa shape index (κ3) is 1.45. The molecule has 3 unspecified atom stereocenters. The number of sulfone groups is 1. The zero-order valence-corrected chi connectivity index (χ0v) is 9.83. The van der Waals surface area contributed by atoms with Gasteiger partial charge in [0.1, 0.15) is 0 Å². The van der Waals surface area contributed by atoms with E-state index >= 15 is 0 Å². The molecular formula is C11H18O3S. The van der Waals surface area contributed by atoms with Crippen LogP contribution >= 0.6 is 0 Å². The van der Waals surface area contributed by atoms with Gasteiger partial charge in [0.2, 0.25) is 0 Å². The van der Waals surface area contributed by atoms with Crippen molar-refractivity contribution in [2.75, 3.05) is 6.26 Å². The summed E-state index contributed by atoms with van der Waals surface area (Å²) in [6.07, 6.45) is 5.77. The molecule has 1 N–H and O–H groups in total. The lowest BCUT2D eigenvalue weighted by Crippen LogP contribution is -2.58. The molecule has 0 saturated heterocycles. The Balaban J connectivity index is 1.98. The molecule has 4 aliphatic rings. The number of aliphatic hydroxyl groups is 1. The second-order valence-electron chi connectivity index (χ2n) is 5.99. The van der Waals surface area contributed by atoms with Crippen LogP contribution in [0.25, 0.3) is 0 Å². The molecule has 4 heteroatoms. The smallest absolute Gasteiger partial charge is 0.150 e. The molecule has 15 heavy (non-hydrogen) atoms. The first kappa shape index (κ1) is 10.1. The van der Waals surface area contributed by atoms with Crippen LogP contribution in [0.4, 0.5) is 0 Å². The van der Waals surface area contributed by atoms with Crippen molar-refractivity contribution >= 4 is 9.84 Å². The van der Waals surface area contributed by atoms with Crippen molar-refractivity contribution in [3.63, 3.8) is 0 Å². The highest BCUT2D eigenvalue weighted by molar-refractivity contribution is 7.91. The quantitative estimate of drug-likeness (QED) is 0.730. The van der Waals surface area contributed by atoms with E-state index in [1.54, 1.807) is 0 Å². The van der Waals surface area contributed by atoms with Gasteiger partial charge in [-0.05, 0) is 49.9 Å². The Morgan fingerprint density at radius 3 is 2.07 bits per heavy atom. The molecule has 0 aliphatic heterocycles. The molecule has 0 heterocycles. The SMILES string of the molecule is CS(=O)(=O)C1[C@@H]2CC3C[C@H]1CC(O)(C3)C2. The molecule has 0 spiro atoms. The Morgan fingerprint density at radius 2 is 1.67 bits per heavy atom. The highest BCUT2D eigenvalue weighted by Gasteiger charge is 2.57. The largest absolute Gasteiger partial charge is 0.390 e. The van der Waals surface area contributed by atoms with Gasteiger partial charge in [-0.15, -0.1) is 0 Å². The highest BCUT2D eigenvalue weighted by Crippen LogP contribution is 2.57. The lowest BCUT2D eigenvalue weighted by Gasteiger charge is -2.57. The number of hydrogen-bond donors (Lipinski definition) is 1. The molecule has 4 rings (SSSR count). The first-order valence-electron chi connectivity index (χ1n) is 5.79. The maximum Gasteiger partial charge on any atom is 0.150 e. The molecule has 0 amide bonds. The molecule has 4 saturated carbocycles. The number of hydrogen-bond acceptors (Lipinski definition) is 3. The summed E-state index contributed by atoms with van der Waals surface area (Å²) in [6, 6.07) is 0. The minimum absolute atomic E-state index is 0.158. The monoisotopic (exact) mass is 230 g/mol. The zero-order chi connectivity index (χ0) is 10.8. The Morgan fingerprint density at radius 1 is 1.13 bits per heavy atom. The summed E-state index contributed by atoms with van der Waals surface area (Å²) < 4.78 is 23.5. The maximum absolute atomic E-state index is 11.7. The zero-order valence-electron chi connectivity index (χ0n) is 9.02. The molecule has 0 aromatic rings. The van der Waals surface area contributed by atoms with E-state index in [1.807, 2.05) is 0 Å². The van der Waals surface area contributed by atoms with E-state index in [2.05, 4.69) is 0 Å². The van der Waals surface area contributed by atoms with Crippen molar-refractivity contribution in [3.05, 3.63) is 0 Å². The van der Waals surface area contributed by atoms with Gasteiger partial charge in [0.25, 0.3) is 0 Å². The predicted molar refractivity (Wildman–Crippen MR) is 57.1 cm³/mol. The van der Waals surface area contributed by atoms with E-state index in [0.29, 0.717) is 5.92 Å². The van der Waals surface area contributed by atoms with E-state index in [9.17, 15) is 13.5 Å². The minimum atomic E-state index is -2.93. The van der Waals surface area contributed by atoms with Crippen molar-refractivity contribution in [2.45, 2.75) is 43.0 Å². The van der Waals surface area contributed by atoms with Crippen molar-refractivity contribution in [2.24, 2.45) is 17.8 Å². The van der Waals surface area contributed by atoms with E-state index in [0.717, 1.165) is 32.1 Å². The number of rotatable bonds is 1. The lowest BCUT2D eigenvalue weighted by molar-refractivity contribution is -0.121. The van der Waals surface area contributed by atoms with Crippen LogP contribution in [0.15, 0.2) is 0 Å². The van der Waals surface area contributed by atoms with Crippen molar-refractivity contribution < 1.29 is 13.5 Å². The van der Waals surface area contributed by atoms with Crippen molar-refractivity contribution in [1.82, 2.24) is 0 Å². The second kappa shape index (κ2) is 2.77. The van der Waals surface area contributed by atoms with Crippen LogP contribution in [-0.4, -0.2) is 30.6 Å². The van der Waals surface area contributed by atoms with Gasteiger partial charge in [0.15, 0.2) is 9.84 Å². The Labute approximate surface area is 90.8 Å². The Bertz CT molecular complexity index is 371. The van der Waals surface area contributed by atoms with Crippen molar-refractivity contribution in [1.29, 1.82) is 0 Å². The molecule has 86 valence electrons. The van der Waals surface area contributed by atoms with Gasteiger partial charge in [-0.3, -0.25) is 0 Å². The lowest BCUT2D eigenvalue weighted by atomic mass is 9.54. The van der Waals surface area contributed by atoms with Crippen molar-refractivity contribution in [3.8, 4) is 0 Å². The normalized spacial score (nSPS) is 53.5. The van der Waals surface area contributed by atoms with Gasteiger partial charge in [-0.1, -0.05) is 0 Å². The average molecular weight is 230 g/mol. The van der Waals surface area contributed by atoms with Gasteiger partial charge >= 0.3 is 0 Å². The second-order valence-corrected chi connectivity index (χ2v) is 8.19. The summed E-state index contributed by atoms with van der Waals surface area (Å²) in [5.74, 6) is 1.05. The highest BCUT2D eigenvalue weighted by atomic mass is 32.2. The third-order valence-corrected chi connectivity index (χ3v) is 6.41. The summed E-state index contributed by atoms with van der Waals surface area (Å²) in [4.78, 5) is 0. The average Bonchev–Trinajstić information content (AvgIpc) is 1.94. The van der Waals surface area contributed by atoms with Gasteiger partial charge in [-0.2, -0.15) is 0 Å². The fourth-order valence-corrected chi connectivity index (χ4v) is 6.45. The van der Waals surface area contributed by atoms with E-state index < -0.39 is 15.4 Å². The minimum Gasteiger partial charge on any atom is -0.390 e. The molecule has 4 fully saturated rings. The summed E-state index contributed by atoms with van der Waals surface area (Å²) in [5, 5.41) is 10.1. The summed E-state index contributed by atoms with van der Waals surface area (Å²) in [6.45, 7) is 0. The van der Waals surface area contributed by atoms with Crippen LogP contribution in [0.2, 0.25) is 0 Å². The first-order chi connectivity index (χ1) is 6.87. The van der Waals surface area contributed by atoms with Gasteiger partial charge < -0.3 is 5.11 Å². The van der Waals surface area contributed by atoms with E-state index in [4.69, 9.17) is 0 Å². The molecule has 3 nitrogen and oxygen atoms in total. The molecule has 5 atom stereocenters. The first-order valence-corrected chi connectivity index (χ1v) is 7.74. The predicted octanol–water partition coefficient (Wildman–Crippen LogP) is 0.971. The Hall–Kier alpha value is -0.0900. The molecule has 0 aromatic heterocycles. The van der Waals surface area contributed by atoms with Crippen LogP contribution in [0, 0.1) is 17.8 Å². The molecule has 0 radical (unpaired) electrons. The van der Waals surface area contributed by atoms with Gasteiger partial charge in [-0.25, -0.2) is 8.42 Å². The van der Waals surface area contributed by atoms with Gasteiger partial charge in [0.05, 0.1) is 10.9 Å². The molecule has 4 aliphatic carbocycles. The van der Waals surface area contributed by atoms with E-state index in [1.165, 1.54) is 6.26 Å². The summed E-state index contributed by atoms with van der Waals surface area (Å²) >= 11 is 0. The van der Waals surface area contributed by atoms with Crippen LogP contribution < -0.4 is 0 Å². The van der Waals surface area contributed by atoms with E-state index in [-0.39, 0.29) is 17.1 Å². The summed E-state index contributed by atoms with van der Waals surface area (Å²) in [7, 11) is -2.93.